The Balaban J connectivity index is 1.53. The lowest BCUT2D eigenvalue weighted by atomic mass is 10.2. The molecule has 1 atom stereocenters. The maximum Gasteiger partial charge on any atom is 0.341 e. The first-order chi connectivity index (χ1) is 13.2. The van der Waals surface area contributed by atoms with Crippen LogP contribution in [0.5, 0.6) is 0 Å². The smallest absolute Gasteiger partial charge is 0.341 e. The lowest BCUT2D eigenvalue weighted by Gasteiger charge is -2.11. The molecule has 0 bridgehead atoms. The van der Waals surface area contributed by atoms with Gasteiger partial charge in [-0.3, -0.25) is 0 Å². The summed E-state index contributed by atoms with van der Waals surface area (Å²) in [6.45, 7) is 1.67. The van der Waals surface area contributed by atoms with E-state index < -0.39 is 12.1 Å². The average molecular weight is 362 g/mol. The Hall–Kier alpha value is -3.88. The second-order valence-electron chi connectivity index (χ2n) is 5.63. The van der Waals surface area contributed by atoms with Crippen LogP contribution in [0.1, 0.15) is 29.3 Å². The number of esters is 1. The third-order valence-electron chi connectivity index (χ3n) is 3.81. The molecule has 4 rings (SSSR count). The Bertz CT molecular complexity index is 1050. The number of carbonyl (C=O) groups excluding carboxylic acids is 1. The first-order valence-corrected chi connectivity index (χ1v) is 8.14. The Kier molecular flexibility index (Phi) is 4.40. The minimum Gasteiger partial charge on any atom is -0.449 e. The number of nitrogens with zero attached hydrogens (tertiary/aromatic N) is 6. The molecule has 0 aliphatic heterocycles. The minimum absolute atomic E-state index is 0.210. The van der Waals surface area contributed by atoms with Gasteiger partial charge in [0.25, 0.3) is 5.89 Å². The highest BCUT2D eigenvalue weighted by molar-refractivity contribution is 5.93. The molecule has 0 radical (unpaired) electrons. The molecule has 9 heteroatoms. The van der Waals surface area contributed by atoms with Crippen molar-refractivity contribution in [3.63, 3.8) is 0 Å². The summed E-state index contributed by atoms with van der Waals surface area (Å²) in [7, 11) is 0. The van der Waals surface area contributed by atoms with Gasteiger partial charge in [0.15, 0.2) is 6.10 Å². The molecule has 27 heavy (non-hydrogen) atoms. The van der Waals surface area contributed by atoms with Crippen LogP contribution in [0.3, 0.4) is 0 Å². The number of tetrazole rings is 1. The first kappa shape index (κ1) is 16.6. The van der Waals surface area contributed by atoms with Crippen molar-refractivity contribution >= 4 is 5.97 Å². The van der Waals surface area contributed by atoms with Gasteiger partial charge in [-0.25, -0.2) is 4.79 Å². The van der Waals surface area contributed by atoms with Crippen molar-refractivity contribution in [3.05, 3.63) is 72.4 Å². The van der Waals surface area contributed by atoms with E-state index in [1.807, 2.05) is 30.3 Å². The summed E-state index contributed by atoms with van der Waals surface area (Å²) in [6, 6.07) is 16.2. The average Bonchev–Trinajstić information content (AvgIpc) is 3.41. The number of para-hydroxylation sites is 1. The van der Waals surface area contributed by atoms with Crippen LogP contribution < -0.4 is 0 Å². The summed E-state index contributed by atoms with van der Waals surface area (Å²) in [6.07, 6.45) is 0.684. The fourth-order valence-electron chi connectivity index (χ4n) is 2.49. The molecule has 0 aliphatic rings. The Morgan fingerprint density at radius 2 is 1.85 bits per heavy atom. The van der Waals surface area contributed by atoms with Gasteiger partial charge < -0.3 is 9.15 Å². The summed E-state index contributed by atoms with van der Waals surface area (Å²) < 4.78 is 12.5. The van der Waals surface area contributed by atoms with Crippen molar-refractivity contribution < 1.29 is 13.9 Å². The quantitative estimate of drug-likeness (QED) is 0.498. The van der Waals surface area contributed by atoms with E-state index in [1.54, 1.807) is 31.2 Å². The van der Waals surface area contributed by atoms with Gasteiger partial charge in [0, 0.05) is 5.56 Å². The van der Waals surface area contributed by atoms with E-state index in [2.05, 4.69) is 25.7 Å². The van der Waals surface area contributed by atoms with Crippen LogP contribution in [0, 0.1) is 0 Å². The van der Waals surface area contributed by atoms with Gasteiger partial charge in [-0.1, -0.05) is 30.3 Å². The number of hydrogen-bond acceptors (Lipinski definition) is 8. The van der Waals surface area contributed by atoms with E-state index in [0.29, 0.717) is 17.1 Å². The van der Waals surface area contributed by atoms with Crippen molar-refractivity contribution in [3.8, 4) is 17.1 Å². The van der Waals surface area contributed by atoms with Gasteiger partial charge >= 0.3 is 5.97 Å². The molecule has 0 saturated heterocycles. The van der Waals surface area contributed by atoms with Crippen LogP contribution in [-0.4, -0.2) is 36.4 Å². The maximum atomic E-state index is 12.6. The molecule has 0 aliphatic carbocycles. The van der Waals surface area contributed by atoms with Crippen LogP contribution in [0.4, 0.5) is 0 Å². The second kappa shape index (κ2) is 7.16. The molecular formula is C18H14N6O3. The third kappa shape index (κ3) is 3.43. The molecule has 4 aromatic rings. The molecule has 2 heterocycles. The highest BCUT2D eigenvalue weighted by Gasteiger charge is 2.22. The van der Waals surface area contributed by atoms with Gasteiger partial charge in [0.05, 0.1) is 11.3 Å². The highest BCUT2D eigenvalue weighted by atomic mass is 16.6. The van der Waals surface area contributed by atoms with Crippen molar-refractivity contribution in [2.75, 3.05) is 0 Å². The number of aromatic nitrogens is 6. The molecule has 2 aromatic heterocycles. The van der Waals surface area contributed by atoms with Gasteiger partial charge in [0.1, 0.15) is 6.33 Å². The number of rotatable bonds is 5. The van der Waals surface area contributed by atoms with E-state index in [1.165, 1.54) is 11.0 Å². The van der Waals surface area contributed by atoms with Gasteiger partial charge in [-0.15, -0.1) is 15.3 Å². The zero-order valence-corrected chi connectivity index (χ0v) is 14.3. The predicted molar refractivity (Wildman–Crippen MR) is 92.7 cm³/mol. The summed E-state index contributed by atoms with van der Waals surface area (Å²) >= 11 is 0. The Morgan fingerprint density at radius 1 is 1.07 bits per heavy atom. The van der Waals surface area contributed by atoms with E-state index >= 15 is 0 Å². The van der Waals surface area contributed by atoms with E-state index in [9.17, 15) is 4.79 Å². The topological polar surface area (TPSA) is 109 Å². The molecule has 0 fully saturated rings. The largest absolute Gasteiger partial charge is 0.449 e. The monoisotopic (exact) mass is 362 g/mol. The summed E-state index contributed by atoms with van der Waals surface area (Å²) in [5, 5.41) is 19.0. The predicted octanol–water partition coefficient (Wildman–Crippen LogP) is 2.63. The summed E-state index contributed by atoms with van der Waals surface area (Å²) in [4.78, 5) is 12.6. The lowest BCUT2D eigenvalue weighted by Crippen LogP contribution is -2.13. The van der Waals surface area contributed by atoms with Crippen molar-refractivity contribution in [1.82, 2.24) is 30.4 Å². The molecule has 9 nitrogen and oxygen atoms in total. The Labute approximate surface area is 153 Å². The van der Waals surface area contributed by atoms with E-state index in [0.717, 1.165) is 5.56 Å². The first-order valence-electron chi connectivity index (χ1n) is 8.14. The Morgan fingerprint density at radius 3 is 2.63 bits per heavy atom. The number of hydrogen-bond donors (Lipinski definition) is 0. The van der Waals surface area contributed by atoms with Gasteiger partial charge in [-0.05, 0) is 41.6 Å². The molecular weight excluding hydrogens is 348 g/mol. The van der Waals surface area contributed by atoms with Crippen molar-refractivity contribution in [2.45, 2.75) is 13.0 Å². The van der Waals surface area contributed by atoms with Crippen LogP contribution in [0.25, 0.3) is 17.1 Å². The van der Waals surface area contributed by atoms with Crippen LogP contribution in [-0.2, 0) is 4.74 Å². The minimum atomic E-state index is -0.718. The highest BCUT2D eigenvalue weighted by Crippen LogP contribution is 2.24. The lowest BCUT2D eigenvalue weighted by molar-refractivity contribution is 0.0279. The van der Waals surface area contributed by atoms with Gasteiger partial charge in [0.2, 0.25) is 5.89 Å². The molecule has 0 N–H and O–H groups in total. The van der Waals surface area contributed by atoms with E-state index in [4.69, 9.17) is 9.15 Å². The fraction of sp³-hybridized carbons (Fsp3) is 0.111. The van der Waals surface area contributed by atoms with Crippen molar-refractivity contribution in [2.24, 2.45) is 0 Å². The standard InChI is InChI=1S/C18H14N6O3/c1-12(16-20-21-17(27-16)13-7-3-2-4-8-13)26-18(25)14-9-5-6-10-15(14)24-11-19-22-23-24/h2-12H,1H3/t12-/m1/s1. The van der Waals surface area contributed by atoms with E-state index in [-0.39, 0.29) is 5.89 Å². The molecule has 0 amide bonds. The number of benzene rings is 2. The normalized spacial score (nSPS) is 11.9. The number of ether oxygens (including phenoxy) is 1. The fourth-order valence-corrected chi connectivity index (χ4v) is 2.49. The molecule has 2 aromatic carbocycles. The molecule has 0 spiro atoms. The SMILES string of the molecule is C[C@@H](OC(=O)c1ccccc1-n1cnnn1)c1nnc(-c2ccccc2)o1. The van der Waals surface area contributed by atoms with Crippen molar-refractivity contribution in [1.29, 1.82) is 0 Å². The van der Waals surface area contributed by atoms with Crippen LogP contribution in [0.15, 0.2) is 65.3 Å². The molecule has 134 valence electrons. The second-order valence-corrected chi connectivity index (χ2v) is 5.63. The maximum absolute atomic E-state index is 12.6. The molecule has 0 unspecified atom stereocenters. The number of carbonyl (C=O) groups is 1. The zero-order valence-electron chi connectivity index (χ0n) is 14.3. The zero-order chi connectivity index (χ0) is 18.6. The van der Waals surface area contributed by atoms with Crippen LogP contribution in [0.2, 0.25) is 0 Å². The third-order valence-corrected chi connectivity index (χ3v) is 3.81. The summed E-state index contributed by atoms with van der Waals surface area (Å²) in [5.74, 6) is 0.0257. The summed E-state index contributed by atoms with van der Waals surface area (Å²) in [5.41, 5.74) is 1.62. The van der Waals surface area contributed by atoms with Gasteiger partial charge in [-0.2, -0.15) is 4.68 Å². The molecule has 0 saturated carbocycles. The van der Waals surface area contributed by atoms with Crippen LogP contribution >= 0.6 is 0 Å².